The van der Waals surface area contributed by atoms with Gasteiger partial charge in [0.05, 0.1) is 16.8 Å². The number of carbonyl (C=O) groups is 2. The monoisotopic (exact) mass is 370 g/mol. The average Bonchev–Trinajstić information content (AvgIpc) is 3.25. The van der Waals surface area contributed by atoms with E-state index in [9.17, 15) is 19.7 Å². The zero-order valence-electron chi connectivity index (χ0n) is 14.5. The molecule has 9 nitrogen and oxygen atoms in total. The van der Waals surface area contributed by atoms with Gasteiger partial charge in [0, 0.05) is 30.7 Å². The maximum Gasteiger partial charge on any atom is 0.270 e. The molecule has 2 heterocycles. The number of imide groups is 1. The van der Waals surface area contributed by atoms with Crippen molar-refractivity contribution in [3.63, 3.8) is 0 Å². The molecular weight excluding hydrogens is 352 g/mol. The fourth-order valence-electron chi connectivity index (χ4n) is 3.89. The van der Waals surface area contributed by atoms with Crippen molar-refractivity contribution in [1.29, 1.82) is 0 Å². The first-order chi connectivity index (χ1) is 13.0. The molecule has 1 aromatic heterocycles. The van der Waals surface area contributed by atoms with Crippen LogP contribution in [0.3, 0.4) is 0 Å². The molecule has 2 aromatic rings. The number of fused-ring (bicyclic) bond motifs is 1. The van der Waals surface area contributed by atoms with Crippen molar-refractivity contribution in [2.45, 2.75) is 32.1 Å². The van der Waals surface area contributed by atoms with Gasteiger partial charge in [-0.05, 0) is 12.8 Å². The number of benzene rings is 1. The molecule has 140 valence electrons. The van der Waals surface area contributed by atoms with Gasteiger partial charge in [-0.15, -0.1) is 0 Å². The highest BCUT2D eigenvalue weighted by Gasteiger charge is 2.47. The summed E-state index contributed by atoms with van der Waals surface area (Å²) in [5.74, 6) is -0.0107. The van der Waals surface area contributed by atoms with Crippen molar-refractivity contribution in [2.24, 2.45) is 11.8 Å². The molecule has 2 atom stereocenters. The van der Waals surface area contributed by atoms with Crippen LogP contribution in [0.25, 0.3) is 11.4 Å². The maximum absolute atomic E-state index is 12.5. The van der Waals surface area contributed by atoms with E-state index >= 15 is 0 Å². The minimum absolute atomic E-state index is 0.0604. The van der Waals surface area contributed by atoms with Gasteiger partial charge >= 0.3 is 0 Å². The standard InChI is InChI=1S/C18H18N4O5/c23-17-13-6-1-2-7-14(13)18(24)21(17)9-8-15-19-16(20-27-15)11-4-3-5-12(10-11)22(25)26/h3-5,10,13-14H,1-2,6-9H2. The van der Waals surface area contributed by atoms with E-state index in [2.05, 4.69) is 10.1 Å². The lowest BCUT2D eigenvalue weighted by Gasteiger charge is -2.19. The van der Waals surface area contributed by atoms with Gasteiger partial charge in [0.2, 0.25) is 23.5 Å². The van der Waals surface area contributed by atoms with E-state index in [1.54, 1.807) is 12.1 Å². The Kier molecular flexibility index (Phi) is 4.43. The molecule has 1 aromatic carbocycles. The number of hydrogen-bond donors (Lipinski definition) is 0. The first-order valence-electron chi connectivity index (χ1n) is 8.97. The fraction of sp³-hybridized carbons (Fsp3) is 0.444. The molecule has 1 aliphatic carbocycles. The van der Waals surface area contributed by atoms with Crippen LogP contribution in [0.5, 0.6) is 0 Å². The molecule has 2 unspecified atom stereocenters. The zero-order valence-corrected chi connectivity index (χ0v) is 14.5. The van der Waals surface area contributed by atoms with Crippen LogP contribution in [-0.4, -0.2) is 38.3 Å². The predicted molar refractivity (Wildman–Crippen MR) is 92.3 cm³/mol. The number of hydrogen-bond acceptors (Lipinski definition) is 7. The minimum Gasteiger partial charge on any atom is -0.339 e. The Morgan fingerprint density at radius 3 is 2.56 bits per heavy atom. The van der Waals surface area contributed by atoms with Crippen molar-refractivity contribution in [1.82, 2.24) is 15.0 Å². The summed E-state index contributed by atoms with van der Waals surface area (Å²) in [6.45, 7) is 0.210. The van der Waals surface area contributed by atoms with Crippen LogP contribution in [0.15, 0.2) is 28.8 Å². The van der Waals surface area contributed by atoms with E-state index in [0.717, 1.165) is 25.7 Å². The van der Waals surface area contributed by atoms with Crippen molar-refractivity contribution in [3.05, 3.63) is 40.3 Å². The highest BCUT2D eigenvalue weighted by molar-refractivity contribution is 6.05. The molecule has 27 heavy (non-hydrogen) atoms. The van der Waals surface area contributed by atoms with Crippen LogP contribution in [0.4, 0.5) is 5.69 Å². The summed E-state index contributed by atoms with van der Waals surface area (Å²) in [6, 6.07) is 5.95. The first kappa shape index (κ1) is 17.3. The summed E-state index contributed by atoms with van der Waals surface area (Å²) < 4.78 is 5.19. The van der Waals surface area contributed by atoms with Crippen LogP contribution >= 0.6 is 0 Å². The number of likely N-dealkylation sites (tertiary alicyclic amines) is 1. The quantitative estimate of drug-likeness (QED) is 0.450. The smallest absolute Gasteiger partial charge is 0.270 e. The molecule has 1 aliphatic heterocycles. The maximum atomic E-state index is 12.5. The van der Waals surface area contributed by atoms with E-state index in [-0.39, 0.29) is 54.0 Å². The number of nitro benzene ring substituents is 1. The average molecular weight is 370 g/mol. The first-order valence-corrected chi connectivity index (χ1v) is 8.97. The summed E-state index contributed by atoms with van der Waals surface area (Å²) in [5.41, 5.74) is 0.410. The predicted octanol–water partition coefficient (Wildman–Crippen LogP) is 2.36. The number of carbonyl (C=O) groups excluding carboxylic acids is 2. The lowest BCUT2D eigenvalue weighted by molar-refractivity contribution is -0.384. The van der Waals surface area contributed by atoms with Crippen molar-refractivity contribution < 1.29 is 19.0 Å². The Morgan fingerprint density at radius 2 is 1.89 bits per heavy atom. The molecular formula is C18H18N4O5. The number of amides is 2. The highest BCUT2D eigenvalue weighted by atomic mass is 16.6. The highest BCUT2D eigenvalue weighted by Crippen LogP contribution is 2.38. The molecule has 0 N–H and O–H groups in total. The third-order valence-corrected chi connectivity index (χ3v) is 5.26. The summed E-state index contributed by atoms with van der Waals surface area (Å²) in [7, 11) is 0. The normalized spacial score (nSPS) is 22.1. The molecule has 0 spiro atoms. The van der Waals surface area contributed by atoms with Gasteiger partial charge in [-0.1, -0.05) is 30.1 Å². The SMILES string of the molecule is O=C1C2CCCCC2C(=O)N1CCc1nc(-c2cccc([N+](=O)[O-])c2)no1. The van der Waals surface area contributed by atoms with Crippen LogP contribution in [0.1, 0.15) is 31.6 Å². The number of rotatable bonds is 5. The molecule has 2 amide bonds. The topological polar surface area (TPSA) is 119 Å². The number of nitro groups is 1. The van der Waals surface area contributed by atoms with Gasteiger partial charge in [-0.25, -0.2) is 0 Å². The zero-order chi connectivity index (χ0) is 19.0. The van der Waals surface area contributed by atoms with Gasteiger partial charge in [-0.3, -0.25) is 24.6 Å². The van der Waals surface area contributed by atoms with E-state index in [0.29, 0.717) is 5.56 Å². The Hall–Kier alpha value is -3.10. The molecule has 1 saturated carbocycles. The van der Waals surface area contributed by atoms with Gasteiger partial charge in [0.15, 0.2) is 0 Å². The second kappa shape index (κ2) is 6.90. The van der Waals surface area contributed by atoms with Crippen LogP contribution in [0, 0.1) is 22.0 Å². The minimum atomic E-state index is -0.492. The summed E-state index contributed by atoms with van der Waals surface area (Å²) in [4.78, 5) is 40.9. The molecule has 2 fully saturated rings. The molecule has 0 radical (unpaired) electrons. The van der Waals surface area contributed by atoms with Crippen molar-refractivity contribution >= 4 is 17.5 Å². The Morgan fingerprint density at radius 1 is 1.19 bits per heavy atom. The van der Waals surface area contributed by atoms with E-state index in [1.807, 2.05) is 0 Å². The number of non-ortho nitro benzene ring substituents is 1. The third kappa shape index (κ3) is 3.20. The second-order valence-corrected chi connectivity index (χ2v) is 6.89. The third-order valence-electron chi connectivity index (χ3n) is 5.26. The Balaban J connectivity index is 1.44. The summed E-state index contributed by atoms with van der Waals surface area (Å²) in [6.07, 6.45) is 3.81. The lowest BCUT2D eigenvalue weighted by atomic mass is 9.81. The lowest BCUT2D eigenvalue weighted by Crippen LogP contribution is -2.33. The fourth-order valence-corrected chi connectivity index (χ4v) is 3.89. The van der Waals surface area contributed by atoms with Crippen LogP contribution in [-0.2, 0) is 16.0 Å². The van der Waals surface area contributed by atoms with E-state index in [4.69, 9.17) is 4.52 Å². The van der Waals surface area contributed by atoms with Crippen molar-refractivity contribution in [2.75, 3.05) is 6.54 Å². The van der Waals surface area contributed by atoms with Crippen LogP contribution in [0.2, 0.25) is 0 Å². The molecule has 0 bridgehead atoms. The van der Waals surface area contributed by atoms with E-state index in [1.165, 1.54) is 17.0 Å². The van der Waals surface area contributed by atoms with Crippen LogP contribution < -0.4 is 0 Å². The Bertz CT molecular complexity index is 885. The van der Waals surface area contributed by atoms with E-state index < -0.39 is 4.92 Å². The largest absolute Gasteiger partial charge is 0.339 e. The van der Waals surface area contributed by atoms with Crippen molar-refractivity contribution in [3.8, 4) is 11.4 Å². The number of aromatic nitrogens is 2. The summed E-state index contributed by atoms with van der Waals surface area (Å²) >= 11 is 0. The Labute approximate surface area is 154 Å². The molecule has 4 rings (SSSR count). The second-order valence-electron chi connectivity index (χ2n) is 6.89. The van der Waals surface area contributed by atoms with Gasteiger partial charge in [0.1, 0.15) is 0 Å². The summed E-state index contributed by atoms with van der Waals surface area (Å²) in [5, 5.41) is 14.7. The molecule has 1 saturated heterocycles. The molecule has 9 heteroatoms. The number of nitrogens with zero attached hydrogens (tertiary/aromatic N) is 4. The van der Waals surface area contributed by atoms with Gasteiger partial charge in [-0.2, -0.15) is 4.98 Å². The van der Waals surface area contributed by atoms with Gasteiger partial charge < -0.3 is 4.52 Å². The molecule has 2 aliphatic rings. The van der Waals surface area contributed by atoms with Gasteiger partial charge in [0.25, 0.3) is 5.69 Å².